The minimum atomic E-state index is 0.0365. The van der Waals surface area contributed by atoms with Crippen LogP contribution in [-0.4, -0.2) is 39.4 Å². The molecule has 0 fully saturated rings. The van der Waals surface area contributed by atoms with E-state index in [2.05, 4.69) is 130 Å². The number of ether oxygens (including phenoxy) is 2. The first kappa shape index (κ1) is 47.5. The summed E-state index contributed by atoms with van der Waals surface area (Å²) >= 11 is 1.83. The van der Waals surface area contributed by atoms with Crippen LogP contribution in [0, 0.1) is 10.8 Å². The van der Waals surface area contributed by atoms with Crippen molar-refractivity contribution >= 4 is 11.8 Å². The van der Waals surface area contributed by atoms with Crippen LogP contribution in [0.5, 0.6) is 11.5 Å². The lowest BCUT2D eigenvalue weighted by Gasteiger charge is -2.34. The second-order valence-electron chi connectivity index (χ2n) is 19.4. The van der Waals surface area contributed by atoms with Crippen LogP contribution in [0.3, 0.4) is 0 Å². The van der Waals surface area contributed by atoms with E-state index >= 15 is 0 Å². The molecule has 0 atom stereocenters. The third kappa shape index (κ3) is 20.2. The van der Waals surface area contributed by atoms with E-state index < -0.39 is 0 Å². The zero-order chi connectivity index (χ0) is 39.4. The summed E-state index contributed by atoms with van der Waals surface area (Å²) in [4.78, 5) is 2.36. The smallest absolute Gasteiger partial charge is 0.133 e. The first-order chi connectivity index (χ1) is 25.0. The summed E-state index contributed by atoms with van der Waals surface area (Å²) < 4.78 is 13.2. The van der Waals surface area contributed by atoms with Crippen molar-refractivity contribution < 1.29 is 9.47 Å². The molecule has 4 nitrogen and oxygen atoms in total. The molecular formula is C48H84N2O2S. The van der Waals surface area contributed by atoms with Gasteiger partial charge in [-0.3, -0.25) is 0 Å². The Labute approximate surface area is 333 Å². The number of unbranched alkanes of at least 4 members (excludes halogenated alkanes) is 8. The largest absolute Gasteiger partial charge is 0.492 e. The molecule has 0 aliphatic heterocycles. The lowest BCUT2D eigenvalue weighted by molar-refractivity contribution is 0.281. The van der Waals surface area contributed by atoms with Crippen molar-refractivity contribution in [1.82, 2.24) is 10.6 Å². The van der Waals surface area contributed by atoms with Gasteiger partial charge in [-0.15, -0.1) is 0 Å². The van der Waals surface area contributed by atoms with Crippen LogP contribution < -0.4 is 20.1 Å². The van der Waals surface area contributed by atoms with Crippen LogP contribution in [0.1, 0.15) is 184 Å². The zero-order valence-electron chi connectivity index (χ0n) is 36.8. The fraction of sp³-hybridized carbons (Fsp3) is 0.750. The monoisotopic (exact) mass is 753 g/mol. The Hall–Kier alpha value is -1.69. The highest BCUT2D eigenvalue weighted by Gasteiger charge is 2.30. The first-order valence-corrected chi connectivity index (χ1v) is 22.4. The van der Waals surface area contributed by atoms with Crippen molar-refractivity contribution in [2.24, 2.45) is 10.8 Å². The topological polar surface area (TPSA) is 42.5 Å². The molecule has 0 aliphatic rings. The minimum Gasteiger partial charge on any atom is -0.492 e. The third-order valence-corrected chi connectivity index (χ3v) is 11.1. The van der Waals surface area contributed by atoms with Crippen LogP contribution in [0.4, 0.5) is 0 Å². The Kier molecular flexibility index (Phi) is 21.5. The van der Waals surface area contributed by atoms with Gasteiger partial charge in [-0.2, -0.15) is 0 Å². The minimum absolute atomic E-state index is 0.0365. The number of rotatable bonds is 28. The first-order valence-electron chi connectivity index (χ1n) is 21.6. The van der Waals surface area contributed by atoms with Crippen LogP contribution in [0.15, 0.2) is 46.2 Å². The van der Waals surface area contributed by atoms with Crippen molar-refractivity contribution in [3.63, 3.8) is 0 Å². The summed E-state index contributed by atoms with van der Waals surface area (Å²) in [6.07, 6.45) is 17.0. The van der Waals surface area contributed by atoms with Gasteiger partial charge in [0.2, 0.25) is 0 Å². The van der Waals surface area contributed by atoms with Gasteiger partial charge in [-0.05, 0) is 135 Å². The molecule has 53 heavy (non-hydrogen) atoms. The molecule has 5 heteroatoms. The quantitative estimate of drug-likeness (QED) is 0.0847. The summed E-state index contributed by atoms with van der Waals surface area (Å²) in [5, 5.41) is 7.26. The molecular weight excluding hydrogens is 669 g/mol. The summed E-state index contributed by atoms with van der Waals surface area (Å²) in [5.74, 6) is 1.96. The predicted molar refractivity (Wildman–Crippen MR) is 235 cm³/mol. The Bertz CT molecular complexity index is 1180. The van der Waals surface area contributed by atoms with E-state index in [1.165, 1.54) is 72.3 Å². The summed E-state index contributed by atoms with van der Waals surface area (Å²) in [6, 6.07) is 13.9. The van der Waals surface area contributed by atoms with Gasteiger partial charge in [-0.25, -0.2) is 0 Å². The van der Waals surface area contributed by atoms with Crippen molar-refractivity contribution in [3.8, 4) is 11.5 Å². The van der Waals surface area contributed by atoms with Gasteiger partial charge in [0, 0.05) is 0 Å². The molecule has 0 radical (unpaired) electrons. The second-order valence-corrected chi connectivity index (χ2v) is 20.5. The maximum Gasteiger partial charge on any atom is 0.133 e. The Morgan fingerprint density at radius 3 is 1.17 bits per heavy atom. The molecule has 0 heterocycles. The maximum absolute atomic E-state index is 6.61. The fourth-order valence-corrected chi connectivity index (χ4v) is 8.97. The van der Waals surface area contributed by atoms with Crippen molar-refractivity contribution in [1.29, 1.82) is 0 Å². The number of hydrogen-bond acceptors (Lipinski definition) is 5. The Balaban J connectivity index is 2.31. The van der Waals surface area contributed by atoms with E-state index in [9.17, 15) is 0 Å². The van der Waals surface area contributed by atoms with Gasteiger partial charge < -0.3 is 20.1 Å². The molecule has 2 rings (SSSR count). The van der Waals surface area contributed by atoms with Gasteiger partial charge in [0.05, 0.1) is 23.0 Å². The van der Waals surface area contributed by atoms with Gasteiger partial charge >= 0.3 is 0 Å². The predicted octanol–water partition coefficient (Wildman–Crippen LogP) is 13.9. The van der Waals surface area contributed by atoms with E-state index in [-0.39, 0.29) is 21.7 Å². The van der Waals surface area contributed by atoms with Gasteiger partial charge in [-0.1, -0.05) is 146 Å². The maximum atomic E-state index is 6.61. The van der Waals surface area contributed by atoms with Crippen LogP contribution >= 0.6 is 11.8 Å². The molecule has 304 valence electrons. The van der Waals surface area contributed by atoms with Crippen molar-refractivity contribution in [2.45, 2.75) is 194 Å². The standard InChI is InChI=1S/C48H84N2O2S/c1-13-15-17-19-29-49-31-21-23-33-51-41-27-25-39(47(9,10)37-45(3,4)5)35-43(41)53-44-36-40(48(11,12)38-46(6,7)8)26-28-42(44)52-34-24-22-32-50-30-20-18-16-14-2/h25-28,35-36,49-50H,13-24,29-34,37-38H2,1-12H3. The Morgan fingerprint density at radius 2 is 0.830 bits per heavy atom. The SMILES string of the molecule is CCCCCCNCCCCOc1ccc(C(C)(C)CC(C)(C)C)cc1Sc1cc(C(C)(C)CC(C)(C)C)ccc1OCCCCNCCCCCC. The summed E-state index contributed by atoms with van der Waals surface area (Å²) in [5.41, 5.74) is 3.26. The number of hydrogen-bond donors (Lipinski definition) is 2. The van der Waals surface area contributed by atoms with Gasteiger partial charge in [0.25, 0.3) is 0 Å². The fourth-order valence-electron chi connectivity index (χ4n) is 7.90. The zero-order valence-corrected chi connectivity index (χ0v) is 37.6. The van der Waals surface area contributed by atoms with Crippen LogP contribution in [0.25, 0.3) is 0 Å². The highest BCUT2D eigenvalue weighted by Crippen LogP contribution is 2.46. The lowest BCUT2D eigenvalue weighted by atomic mass is 9.72. The average Bonchev–Trinajstić information content (AvgIpc) is 3.05. The second kappa shape index (κ2) is 24.1. The number of benzene rings is 2. The normalized spacial score (nSPS) is 12.8. The molecule has 2 aromatic carbocycles. The molecule has 0 amide bonds. The lowest BCUT2D eigenvalue weighted by Crippen LogP contribution is -2.25. The number of nitrogens with one attached hydrogen (secondary N) is 2. The van der Waals surface area contributed by atoms with Crippen LogP contribution in [0.2, 0.25) is 0 Å². The van der Waals surface area contributed by atoms with Crippen LogP contribution in [-0.2, 0) is 10.8 Å². The molecule has 0 aromatic heterocycles. The third-order valence-electron chi connectivity index (χ3n) is 10.0. The molecule has 0 saturated carbocycles. The summed E-state index contributed by atoms with van der Waals surface area (Å²) in [6.45, 7) is 34.0. The molecule has 2 aromatic rings. The van der Waals surface area contributed by atoms with Gasteiger partial charge in [0.1, 0.15) is 11.5 Å². The van der Waals surface area contributed by atoms with E-state index in [0.29, 0.717) is 0 Å². The van der Waals surface area contributed by atoms with E-state index in [4.69, 9.17) is 9.47 Å². The molecule has 0 bridgehead atoms. The van der Waals surface area contributed by atoms with Crippen molar-refractivity contribution in [2.75, 3.05) is 39.4 Å². The molecule has 2 N–H and O–H groups in total. The van der Waals surface area contributed by atoms with E-state index in [0.717, 1.165) is 89.4 Å². The average molecular weight is 753 g/mol. The molecule has 0 saturated heterocycles. The van der Waals surface area contributed by atoms with Gasteiger partial charge in [0.15, 0.2) is 0 Å². The highest BCUT2D eigenvalue weighted by molar-refractivity contribution is 7.99. The molecule has 0 spiro atoms. The Morgan fingerprint density at radius 1 is 0.472 bits per heavy atom. The molecule has 0 unspecified atom stereocenters. The highest BCUT2D eigenvalue weighted by atomic mass is 32.2. The summed E-state index contributed by atoms with van der Waals surface area (Å²) in [7, 11) is 0. The van der Waals surface area contributed by atoms with E-state index in [1.807, 2.05) is 11.8 Å². The van der Waals surface area contributed by atoms with E-state index in [1.54, 1.807) is 0 Å². The van der Waals surface area contributed by atoms with Crippen molar-refractivity contribution in [3.05, 3.63) is 47.5 Å². The molecule has 0 aliphatic carbocycles.